The molecule has 0 unspecified atom stereocenters. The quantitative estimate of drug-likeness (QED) is 0.243. The van der Waals surface area contributed by atoms with E-state index in [4.69, 9.17) is 11.6 Å². The minimum Gasteiger partial charge on any atom is -0.357 e. The van der Waals surface area contributed by atoms with Gasteiger partial charge in [0.2, 0.25) is 5.91 Å². The van der Waals surface area contributed by atoms with E-state index in [9.17, 15) is 4.79 Å². The topological polar surface area (TPSA) is 78.4 Å². The van der Waals surface area contributed by atoms with Gasteiger partial charge < -0.3 is 16.0 Å². The van der Waals surface area contributed by atoms with E-state index in [2.05, 4.69) is 25.9 Å². The molecule has 1 heterocycles. The Hall–Kier alpha value is -1.87. The highest BCUT2D eigenvalue weighted by Crippen LogP contribution is 2.05. The number of aromatic nitrogens is 1. The van der Waals surface area contributed by atoms with Gasteiger partial charge in [0, 0.05) is 25.0 Å². The van der Waals surface area contributed by atoms with Crippen LogP contribution in [0.25, 0.3) is 0 Å². The van der Waals surface area contributed by atoms with Gasteiger partial charge in [-0.15, -0.1) is 24.0 Å². The molecule has 3 N–H and O–H groups in total. The maximum Gasteiger partial charge on any atom is 0.246 e. The Morgan fingerprint density at radius 2 is 1.92 bits per heavy atom. The molecule has 0 spiro atoms. The molecule has 0 aliphatic rings. The number of anilines is 1. The van der Waals surface area contributed by atoms with E-state index in [0.717, 1.165) is 17.7 Å². The summed E-state index contributed by atoms with van der Waals surface area (Å²) in [4.78, 5) is 20.3. The summed E-state index contributed by atoms with van der Waals surface area (Å²) in [6.07, 6.45) is 2.53. The third-order valence-electron chi connectivity index (χ3n) is 3.28. The summed E-state index contributed by atoms with van der Waals surface area (Å²) in [7, 11) is 0. The Labute approximate surface area is 175 Å². The number of amides is 1. The fourth-order valence-electron chi connectivity index (χ4n) is 2.09. The van der Waals surface area contributed by atoms with Crippen molar-refractivity contribution in [2.45, 2.75) is 13.3 Å². The van der Waals surface area contributed by atoms with E-state index in [1.807, 2.05) is 43.3 Å². The highest BCUT2D eigenvalue weighted by Gasteiger charge is 2.03. The van der Waals surface area contributed by atoms with E-state index in [-0.39, 0.29) is 36.4 Å². The lowest BCUT2D eigenvalue weighted by Crippen LogP contribution is -2.39. The van der Waals surface area contributed by atoms with Gasteiger partial charge in [0.05, 0.1) is 0 Å². The van der Waals surface area contributed by atoms with Crippen molar-refractivity contribution in [1.82, 2.24) is 15.6 Å². The fraction of sp³-hybridized carbons (Fsp3) is 0.278. The monoisotopic (exact) mass is 487 g/mol. The Kier molecular flexibility index (Phi) is 10.6. The minimum absolute atomic E-state index is 0. The normalized spacial score (nSPS) is 10.6. The summed E-state index contributed by atoms with van der Waals surface area (Å²) in [5.41, 5.74) is 1.84. The third-order valence-corrected chi connectivity index (χ3v) is 3.50. The van der Waals surface area contributed by atoms with Crippen LogP contribution in [0.5, 0.6) is 0 Å². The predicted molar refractivity (Wildman–Crippen MR) is 117 cm³/mol. The molecule has 6 nitrogen and oxygen atoms in total. The molecule has 0 radical (unpaired) electrons. The first-order chi connectivity index (χ1) is 12.2. The summed E-state index contributed by atoms with van der Waals surface area (Å²) in [5.74, 6) is 0.443. The second-order valence-electron chi connectivity index (χ2n) is 5.28. The van der Waals surface area contributed by atoms with Gasteiger partial charge in [0.15, 0.2) is 5.96 Å². The Bertz CT molecular complexity index is 694. The molecular formula is C18H23ClIN5O. The number of para-hydroxylation sites is 1. The molecule has 2 rings (SSSR count). The lowest BCUT2D eigenvalue weighted by molar-refractivity contribution is -0.114. The molecule has 2 aromatic rings. The van der Waals surface area contributed by atoms with Crippen molar-refractivity contribution in [3.8, 4) is 0 Å². The number of nitrogens with one attached hydrogen (secondary N) is 3. The van der Waals surface area contributed by atoms with Gasteiger partial charge in [0.1, 0.15) is 11.7 Å². The van der Waals surface area contributed by atoms with Crippen molar-refractivity contribution in [2.75, 3.05) is 25.0 Å². The predicted octanol–water partition coefficient (Wildman–Crippen LogP) is 3.09. The molecule has 0 fully saturated rings. The zero-order chi connectivity index (χ0) is 17.9. The third kappa shape index (κ3) is 8.48. The van der Waals surface area contributed by atoms with E-state index < -0.39 is 0 Å². The number of pyridine rings is 1. The van der Waals surface area contributed by atoms with Crippen LogP contribution in [0.1, 0.15) is 12.5 Å². The van der Waals surface area contributed by atoms with Gasteiger partial charge in [-0.25, -0.2) is 9.98 Å². The summed E-state index contributed by atoms with van der Waals surface area (Å²) >= 11 is 5.77. The molecule has 1 aromatic heterocycles. The molecule has 1 amide bonds. The van der Waals surface area contributed by atoms with E-state index >= 15 is 0 Å². The molecule has 0 saturated carbocycles. The molecular weight excluding hydrogens is 465 g/mol. The second kappa shape index (κ2) is 12.5. The minimum atomic E-state index is -0.162. The van der Waals surface area contributed by atoms with Crippen LogP contribution < -0.4 is 16.0 Å². The average molecular weight is 488 g/mol. The van der Waals surface area contributed by atoms with Crippen LogP contribution in [0, 0.1) is 0 Å². The molecule has 140 valence electrons. The van der Waals surface area contributed by atoms with Crippen molar-refractivity contribution in [3.63, 3.8) is 0 Å². The molecule has 8 heteroatoms. The molecule has 26 heavy (non-hydrogen) atoms. The van der Waals surface area contributed by atoms with Crippen LogP contribution in [0.4, 0.5) is 5.69 Å². The fourth-order valence-corrected chi connectivity index (χ4v) is 2.21. The number of aliphatic imine (C=N–C) groups is 1. The molecule has 0 bridgehead atoms. The summed E-state index contributed by atoms with van der Waals surface area (Å²) in [6.45, 7) is 3.42. The van der Waals surface area contributed by atoms with Crippen LogP contribution in [0.15, 0.2) is 53.7 Å². The van der Waals surface area contributed by atoms with Gasteiger partial charge in [0.25, 0.3) is 0 Å². The zero-order valence-corrected chi connectivity index (χ0v) is 17.6. The van der Waals surface area contributed by atoms with Crippen molar-refractivity contribution in [2.24, 2.45) is 4.99 Å². The zero-order valence-electron chi connectivity index (χ0n) is 14.5. The second-order valence-corrected chi connectivity index (χ2v) is 5.66. The van der Waals surface area contributed by atoms with E-state index in [1.54, 1.807) is 12.3 Å². The number of nitrogens with zero attached hydrogens (tertiary/aromatic N) is 2. The molecule has 0 atom stereocenters. The van der Waals surface area contributed by atoms with Crippen molar-refractivity contribution < 1.29 is 4.79 Å². The molecule has 1 aromatic carbocycles. The summed E-state index contributed by atoms with van der Waals surface area (Å²) in [6, 6.07) is 13.0. The largest absolute Gasteiger partial charge is 0.357 e. The van der Waals surface area contributed by atoms with Gasteiger partial charge in [-0.1, -0.05) is 35.9 Å². The summed E-state index contributed by atoms with van der Waals surface area (Å²) < 4.78 is 0. The lowest BCUT2D eigenvalue weighted by Gasteiger charge is -2.11. The number of carbonyl (C=O) groups is 1. The van der Waals surface area contributed by atoms with Gasteiger partial charge in [-0.05, 0) is 37.1 Å². The van der Waals surface area contributed by atoms with Crippen LogP contribution in [0.3, 0.4) is 0 Å². The molecule has 0 saturated heterocycles. The SMILES string of the molecule is CCNC(=NCC(=O)Nc1ccccc1)NCCc1ccc(Cl)nc1.I. The standard InChI is InChI=1S/C18H22ClN5O.HI/c1-2-20-18(21-11-10-14-8-9-16(19)22-12-14)23-13-17(25)24-15-6-4-3-5-7-15;/h3-9,12H,2,10-11,13H2,1H3,(H,24,25)(H2,20,21,23);1H. The van der Waals surface area contributed by atoms with Crippen LogP contribution in [-0.2, 0) is 11.2 Å². The Morgan fingerprint density at radius 3 is 2.58 bits per heavy atom. The highest BCUT2D eigenvalue weighted by molar-refractivity contribution is 14.0. The van der Waals surface area contributed by atoms with Crippen LogP contribution in [-0.4, -0.2) is 36.5 Å². The van der Waals surface area contributed by atoms with E-state index in [1.165, 1.54) is 0 Å². The number of rotatable bonds is 7. The van der Waals surface area contributed by atoms with E-state index in [0.29, 0.717) is 24.2 Å². The number of hydrogen-bond acceptors (Lipinski definition) is 3. The van der Waals surface area contributed by atoms with Gasteiger partial charge >= 0.3 is 0 Å². The van der Waals surface area contributed by atoms with Crippen molar-refractivity contribution in [1.29, 1.82) is 0 Å². The number of benzene rings is 1. The first-order valence-electron chi connectivity index (χ1n) is 8.15. The maximum atomic E-state index is 12.0. The Balaban J connectivity index is 0.00000338. The number of hydrogen-bond donors (Lipinski definition) is 3. The Morgan fingerprint density at radius 1 is 1.15 bits per heavy atom. The van der Waals surface area contributed by atoms with Crippen LogP contribution >= 0.6 is 35.6 Å². The lowest BCUT2D eigenvalue weighted by atomic mass is 10.2. The smallest absolute Gasteiger partial charge is 0.246 e. The van der Waals surface area contributed by atoms with Crippen molar-refractivity contribution in [3.05, 3.63) is 59.4 Å². The maximum absolute atomic E-state index is 12.0. The summed E-state index contributed by atoms with van der Waals surface area (Å²) in [5, 5.41) is 9.61. The first-order valence-corrected chi connectivity index (χ1v) is 8.52. The number of halogens is 2. The average Bonchev–Trinajstić information content (AvgIpc) is 2.62. The van der Waals surface area contributed by atoms with Gasteiger partial charge in [-0.3, -0.25) is 4.79 Å². The first kappa shape index (κ1) is 22.2. The number of guanidine groups is 1. The molecule has 0 aliphatic carbocycles. The number of carbonyl (C=O) groups excluding carboxylic acids is 1. The van der Waals surface area contributed by atoms with Crippen LogP contribution in [0.2, 0.25) is 5.15 Å². The highest BCUT2D eigenvalue weighted by atomic mass is 127. The van der Waals surface area contributed by atoms with Gasteiger partial charge in [-0.2, -0.15) is 0 Å². The molecule has 0 aliphatic heterocycles. The van der Waals surface area contributed by atoms with Crippen molar-refractivity contribution >= 4 is 53.1 Å².